The van der Waals surface area contributed by atoms with Crippen LogP contribution in [0.1, 0.15) is 18.4 Å². The molecule has 0 saturated heterocycles. The van der Waals surface area contributed by atoms with E-state index in [2.05, 4.69) is 77.0 Å². The van der Waals surface area contributed by atoms with Gasteiger partial charge in [0.15, 0.2) is 0 Å². The van der Waals surface area contributed by atoms with E-state index in [1.807, 2.05) is 0 Å². The highest BCUT2D eigenvalue weighted by Crippen LogP contribution is 2.42. The Labute approximate surface area is 112 Å². The minimum Gasteiger partial charge on any atom is -0.0804 e. The average Bonchev–Trinajstić information content (AvgIpc) is 3.12. The molecule has 1 aromatic carbocycles. The smallest absolute Gasteiger partial charge is 0.0501 e. The monoisotopic (exact) mass is 247 g/mol. The molecular weight excluding hydrogens is 232 g/mol. The fourth-order valence-electron chi connectivity index (χ4n) is 2.72. The molecule has 3 rings (SSSR count). The Bertz CT molecular complexity index is 529. The van der Waals surface area contributed by atoms with Crippen molar-refractivity contribution in [3.05, 3.63) is 83.5 Å². The number of hydrogen-bond donors (Lipinski definition) is 0. The summed E-state index contributed by atoms with van der Waals surface area (Å²) in [6.07, 6.45) is 15.3. The lowest BCUT2D eigenvalue weighted by molar-refractivity contribution is 0.791. The molecule has 1 aromatic rings. The molecule has 0 unspecified atom stereocenters. The van der Waals surface area contributed by atoms with Crippen LogP contribution in [0.5, 0.6) is 0 Å². The van der Waals surface area contributed by atoms with Gasteiger partial charge in [0.25, 0.3) is 0 Å². The van der Waals surface area contributed by atoms with Crippen molar-refractivity contribution < 1.29 is 0 Å². The summed E-state index contributed by atoms with van der Waals surface area (Å²) >= 11 is 0. The van der Waals surface area contributed by atoms with E-state index in [1.54, 1.807) is 0 Å². The van der Waals surface area contributed by atoms with Crippen LogP contribution in [0.4, 0.5) is 0 Å². The number of rotatable bonds is 3. The van der Waals surface area contributed by atoms with Crippen LogP contribution < -0.4 is 0 Å². The Kier molecular flexibility index (Phi) is 2.92. The summed E-state index contributed by atoms with van der Waals surface area (Å²) in [6, 6.07) is 10.7. The van der Waals surface area contributed by atoms with E-state index in [9.17, 15) is 0 Å². The first-order chi connectivity index (χ1) is 8.82. The van der Waals surface area contributed by atoms with Gasteiger partial charge >= 0.3 is 0 Å². The zero-order chi connectivity index (χ0) is 12.4. The van der Waals surface area contributed by atoms with E-state index in [0.717, 1.165) is 12.8 Å². The molecule has 3 radical (unpaired) electrons. The molecule has 0 heterocycles. The Hall–Kier alpha value is -1.60. The van der Waals surface area contributed by atoms with Crippen molar-refractivity contribution in [1.82, 2.24) is 0 Å². The van der Waals surface area contributed by atoms with Crippen LogP contribution >= 0.6 is 0 Å². The van der Waals surface area contributed by atoms with Crippen LogP contribution in [0.25, 0.3) is 0 Å². The molecule has 2 aliphatic rings. The summed E-state index contributed by atoms with van der Waals surface area (Å²) in [4.78, 5) is 0. The maximum atomic E-state index is 4.09. The summed E-state index contributed by atoms with van der Waals surface area (Å²) in [5.74, 6) is 0. The molecule has 0 bridgehead atoms. The molecule has 0 fully saturated rings. The molecule has 0 saturated carbocycles. The average molecular weight is 247 g/mol. The van der Waals surface area contributed by atoms with Gasteiger partial charge in [0.1, 0.15) is 0 Å². The van der Waals surface area contributed by atoms with Crippen LogP contribution in [0.3, 0.4) is 0 Å². The van der Waals surface area contributed by atoms with Gasteiger partial charge in [-0.3, -0.25) is 0 Å². The third-order valence-electron chi connectivity index (χ3n) is 3.71. The van der Waals surface area contributed by atoms with Gasteiger partial charge in [-0.05, 0) is 18.4 Å². The van der Waals surface area contributed by atoms with E-state index in [-0.39, 0.29) is 5.04 Å². The predicted molar refractivity (Wildman–Crippen MR) is 77.6 cm³/mol. The molecular formula is C17H15Si. The van der Waals surface area contributed by atoms with Gasteiger partial charge in [-0.25, -0.2) is 0 Å². The SMILES string of the molecule is [Si]C(C1=CC=CC1)(C1=CC=CC1)c1ccccc1. The molecule has 0 amide bonds. The Morgan fingerprint density at radius 1 is 0.833 bits per heavy atom. The molecule has 2 aliphatic carbocycles. The molecule has 0 N–H and O–H groups in total. The van der Waals surface area contributed by atoms with Gasteiger partial charge in [0.2, 0.25) is 0 Å². The number of benzene rings is 1. The zero-order valence-electron chi connectivity index (χ0n) is 10.3. The minimum absolute atomic E-state index is 0.145. The van der Waals surface area contributed by atoms with Crippen LogP contribution in [-0.2, 0) is 5.04 Å². The normalized spacial score (nSPS) is 18.1. The maximum absolute atomic E-state index is 4.09. The Balaban J connectivity index is 2.09. The third-order valence-corrected chi connectivity index (χ3v) is 4.64. The predicted octanol–water partition coefficient (Wildman–Crippen LogP) is 3.82. The molecule has 18 heavy (non-hydrogen) atoms. The van der Waals surface area contributed by atoms with Crippen LogP contribution in [0, 0.1) is 0 Å². The van der Waals surface area contributed by atoms with Crippen molar-refractivity contribution >= 4 is 10.2 Å². The standard InChI is InChI=1S/C17H15Si/c18-17(15-10-4-5-11-15,16-12-6-7-13-16)14-8-2-1-3-9-14/h1-10,12H,11,13H2. The van der Waals surface area contributed by atoms with E-state index in [4.69, 9.17) is 0 Å². The van der Waals surface area contributed by atoms with Gasteiger partial charge in [0.05, 0.1) is 10.2 Å². The largest absolute Gasteiger partial charge is 0.0804 e. The minimum atomic E-state index is -0.145. The molecule has 0 nitrogen and oxygen atoms in total. The lowest BCUT2D eigenvalue weighted by Gasteiger charge is -2.34. The first-order valence-electron chi connectivity index (χ1n) is 6.34. The highest BCUT2D eigenvalue weighted by Gasteiger charge is 2.34. The summed E-state index contributed by atoms with van der Waals surface area (Å²) in [6.45, 7) is 0. The van der Waals surface area contributed by atoms with Crippen molar-refractivity contribution in [1.29, 1.82) is 0 Å². The second-order valence-electron chi connectivity index (χ2n) is 4.76. The molecule has 0 aliphatic heterocycles. The molecule has 0 spiro atoms. The molecule has 0 aromatic heterocycles. The summed E-state index contributed by atoms with van der Waals surface area (Å²) in [5, 5.41) is -0.145. The summed E-state index contributed by atoms with van der Waals surface area (Å²) in [7, 11) is 4.09. The highest BCUT2D eigenvalue weighted by molar-refractivity contribution is 6.20. The lowest BCUT2D eigenvalue weighted by Crippen LogP contribution is -2.30. The fourth-order valence-corrected chi connectivity index (χ4v) is 3.25. The van der Waals surface area contributed by atoms with Crippen molar-refractivity contribution in [2.24, 2.45) is 0 Å². The van der Waals surface area contributed by atoms with Gasteiger partial charge in [-0.15, -0.1) is 0 Å². The van der Waals surface area contributed by atoms with Gasteiger partial charge in [-0.1, -0.05) is 77.9 Å². The first-order valence-corrected chi connectivity index (χ1v) is 6.84. The van der Waals surface area contributed by atoms with Crippen molar-refractivity contribution in [2.45, 2.75) is 17.9 Å². The number of allylic oxidation sites excluding steroid dienone is 8. The van der Waals surface area contributed by atoms with E-state index >= 15 is 0 Å². The lowest BCUT2D eigenvalue weighted by atomic mass is 9.82. The molecule has 87 valence electrons. The van der Waals surface area contributed by atoms with Crippen LogP contribution in [0.2, 0.25) is 0 Å². The molecule has 1 heteroatoms. The fraction of sp³-hybridized carbons (Fsp3) is 0.176. The Morgan fingerprint density at radius 2 is 1.39 bits per heavy atom. The second kappa shape index (κ2) is 4.58. The van der Waals surface area contributed by atoms with E-state index in [0.29, 0.717) is 0 Å². The van der Waals surface area contributed by atoms with E-state index in [1.165, 1.54) is 16.7 Å². The van der Waals surface area contributed by atoms with Gasteiger partial charge in [-0.2, -0.15) is 0 Å². The highest BCUT2D eigenvalue weighted by atomic mass is 28.1. The summed E-state index contributed by atoms with van der Waals surface area (Å²) < 4.78 is 0. The topological polar surface area (TPSA) is 0 Å². The quantitative estimate of drug-likeness (QED) is 0.712. The van der Waals surface area contributed by atoms with E-state index < -0.39 is 0 Å². The zero-order valence-corrected chi connectivity index (χ0v) is 11.3. The summed E-state index contributed by atoms with van der Waals surface area (Å²) in [5.41, 5.74) is 4.15. The Morgan fingerprint density at radius 3 is 1.83 bits per heavy atom. The van der Waals surface area contributed by atoms with Crippen molar-refractivity contribution in [3.8, 4) is 0 Å². The number of hydrogen-bond acceptors (Lipinski definition) is 0. The van der Waals surface area contributed by atoms with Crippen LogP contribution in [-0.4, -0.2) is 10.2 Å². The second-order valence-corrected chi connectivity index (χ2v) is 5.51. The van der Waals surface area contributed by atoms with Gasteiger partial charge in [0, 0.05) is 5.04 Å². The third kappa shape index (κ3) is 1.75. The maximum Gasteiger partial charge on any atom is 0.0501 e. The molecule has 0 atom stereocenters. The van der Waals surface area contributed by atoms with Crippen LogP contribution in [0.15, 0.2) is 77.9 Å². The first kappa shape index (κ1) is 11.5. The van der Waals surface area contributed by atoms with Crippen molar-refractivity contribution in [2.75, 3.05) is 0 Å². The van der Waals surface area contributed by atoms with Crippen molar-refractivity contribution in [3.63, 3.8) is 0 Å². The van der Waals surface area contributed by atoms with Gasteiger partial charge < -0.3 is 0 Å².